The summed E-state index contributed by atoms with van der Waals surface area (Å²) in [5.74, 6) is 1.97. The minimum Gasteiger partial charge on any atom is -0.123 e. The molecule has 1 aliphatic rings. The SMILES string of the molecule is CC1CCC(C(C)(C)c2ccc(C(C)C)cc2)C(Cl)C1. The molecule has 1 aromatic carbocycles. The number of rotatable bonds is 3. The van der Waals surface area contributed by atoms with Crippen molar-refractivity contribution in [3.05, 3.63) is 35.4 Å². The molecule has 1 saturated carbocycles. The monoisotopic (exact) mass is 292 g/mol. The number of hydrogen-bond donors (Lipinski definition) is 0. The van der Waals surface area contributed by atoms with Crippen LogP contribution in [0.15, 0.2) is 24.3 Å². The smallest absolute Gasteiger partial charge is 0.0375 e. The summed E-state index contributed by atoms with van der Waals surface area (Å²) in [5.41, 5.74) is 3.03. The normalized spacial score (nSPS) is 27.9. The first-order valence-electron chi connectivity index (χ1n) is 8.07. The molecule has 1 aliphatic carbocycles. The van der Waals surface area contributed by atoms with Gasteiger partial charge in [0.25, 0.3) is 0 Å². The summed E-state index contributed by atoms with van der Waals surface area (Å²) in [6, 6.07) is 9.21. The molecular formula is C19H29Cl. The summed E-state index contributed by atoms with van der Waals surface area (Å²) >= 11 is 6.69. The summed E-state index contributed by atoms with van der Waals surface area (Å²) < 4.78 is 0. The van der Waals surface area contributed by atoms with Crippen LogP contribution in [0.5, 0.6) is 0 Å². The van der Waals surface area contributed by atoms with Crippen molar-refractivity contribution in [1.29, 1.82) is 0 Å². The van der Waals surface area contributed by atoms with E-state index in [0.717, 1.165) is 5.92 Å². The molecule has 0 heterocycles. The Bertz CT molecular complexity index is 430. The van der Waals surface area contributed by atoms with Gasteiger partial charge in [0.15, 0.2) is 0 Å². The Morgan fingerprint density at radius 2 is 1.70 bits per heavy atom. The topological polar surface area (TPSA) is 0 Å². The lowest BCUT2D eigenvalue weighted by Gasteiger charge is -2.42. The van der Waals surface area contributed by atoms with Crippen molar-refractivity contribution in [3.63, 3.8) is 0 Å². The minimum atomic E-state index is 0.169. The molecular weight excluding hydrogens is 264 g/mol. The molecule has 0 aliphatic heterocycles. The summed E-state index contributed by atoms with van der Waals surface area (Å²) in [6.45, 7) is 11.6. The third kappa shape index (κ3) is 3.22. The highest BCUT2D eigenvalue weighted by molar-refractivity contribution is 6.20. The van der Waals surface area contributed by atoms with E-state index < -0.39 is 0 Å². The molecule has 0 N–H and O–H groups in total. The Morgan fingerprint density at radius 1 is 1.10 bits per heavy atom. The van der Waals surface area contributed by atoms with Crippen LogP contribution in [-0.4, -0.2) is 5.38 Å². The van der Waals surface area contributed by atoms with E-state index in [1.165, 1.54) is 30.4 Å². The van der Waals surface area contributed by atoms with Crippen molar-refractivity contribution in [3.8, 4) is 0 Å². The third-order valence-electron chi connectivity index (χ3n) is 5.28. The number of alkyl halides is 1. The molecule has 1 aromatic rings. The van der Waals surface area contributed by atoms with E-state index in [1.807, 2.05) is 0 Å². The van der Waals surface area contributed by atoms with Crippen LogP contribution < -0.4 is 0 Å². The third-order valence-corrected chi connectivity index (χ3v) is 5.77. The minimum absolute atomic E-state index is 0.169. The van der Waals surface area contributed by atoms with E-state index in [2.05, 4.69) is 58.9 Å². The first-order chi connectivity index (χ1) is 9.32. The van der Waals surface area contributed by atoms with E-state index in [-0.39, 0.29) is 5.41 Å². The standard InChI is InChI=1S/C19H29Cl/c1-13(2)15-7-9-16(10-8-15)19(4,5)17-11-6-14(3)12-18(17)20/h7-10,13-14,17-18H,6,11-12H2,1-5H3. The largest absolute Gasteiger partial charge is 0.123 e. The molecule has 0 amide bonds. The zero-order valence-corrected chi connectivity index (χ0v) is 14.4. The summed E-state index contributed by atoms with van der Waals surface area (Å²) in [7, 11) is 0. The highest BCUT2D eigenvalue weighted by Gasteiger charge is 2.39. The molecule has 0 spiro atoms. The van der Waals surface area contributed by atoms with Crippen molar-refractivity contribution in [2.75, 3.05) is 0 Å². The van der Waals surface area contributed by atoms with Gasteiger partial charge in [-0.3, -0.25) is 0 Å². The Morgan fingerprint density at radius 3 is 2.20 bits per heavy atom. The molecule has 0 nitrogen and oxygen atoms in total. The van der Waals surface area contributed by atoms with Crippen molar-refractivity contribution in [2.45, 2.75) is 70.6 Å². The van der Waals surface area contributed by atoms with Crippen LogP contribution in [0, 0.1) is 11.8 Å². The predicted molar refractivity (Wildman–Crippen MR) is 89.7 cm³/mol. The van der Waals surface area contributed by atoms with Crippen LogP contribution in [0.4, 0.5) is 0 Å². The van der Waals surface area contributed by atoms with Crippen molar-refractivity contribution < 1.29 is 0 Å². The predicted octanol–water partition coefficient (Wildman–Crippen LogP) is 6.13. The zero-order chi connectivity index (χ0) is 14.9. The Hall–Kier alpha value is -0.490. The van der Waals surface area contributed by atoms with Crippen molar-refractivity contribution in [1.82, 2.24) is 0 Å². The molecule has 20 heavy (non-hydrogen) atoms. The number of benzene rings is 1. The lowest BCUT2D eigenvalue weighted by atomic mass is 9.65. The Balaban J connectivity index is 2.20. The summed E-state index contributed by atoms with van der Waals surface area (Å²) in [4.78, 5) is 0. The average Bonchev–Trinajstić information content (AvgIpc) is 2.38. The van der Waals surface area contributed by atoms with Crippen LogP contribution in [-0.2, 0) is 5.41 Å². The molecule has 112 valence electrons. The summed E-state index contributed by atoms with van der Waals surface area (Å²) in [5, 5.41) is 0.318. The Kier molecular flexibility index (Phi) is 4.84. The lowest BCUT2D eigenvalue weighted by molar-refractivity contribution is 0.207. The van der Waals surface area contributed by atoms with Crippen LogP contribution in [0.1, 0.15) is 70.9 Å². The number of hydrogen-bond acceptors (Lipinski definition) is 0. The van der Waals surface area contributed by atoms with Gasteiger partial charge in [0.2, 0.25) is 0 Å². The quantitative estimate of drug-likeness (QED) is 0.588. The highest BCUT2D eigenvalue weighted by atomic mass is 35.5. The molecule has 0 aromatic heterocycles. The van der Waals surface area contributed by atoms with Crippen molar-refractivity contribution in [2.24, 2.45) is 11.8 Å². The van der Waals surface area contributed by atoms with Gasteiger partial charge in [-0.25, -0.2) is 0 Å². The van der Waals surface area contributed by atoms with Crippen LogP contribution in [0.25, 0.3) is 0 Å². The maximum atomic E-state index is 6.69. The molecule has 2 rings (SSSR count). The van der Waals surface area contributed by atoms with Gasteiger partial charge in [-0.15, -0.1) is 11.6 Å². The first kappa shape index (κ1) is 15.9. The van der Waals surface area contributed by atoms with Gasteiger partial charge in [0.05, 0.1) is 0 Å². The second kappa shape index (κ2) is 6.10. The molecule has 3 atom stereocenters. The first-order valence-corrected chi connectivity index (χ1v) is 8.50. The van der Waals surface area contributed by atoms with Gasteiger partial charge in [0.1, 0.15) is 0 Å². The van der Waals surface area contributed by atoms with Crippen molar-refractivity contribution >= 4 is 11.6 Å². The molecule has 1 heteroatoms. The molecule has 3 unspecified atom stereocenters. The maximum absolute atomic E-state index is 6.69. The second-order valence-electron chi connectivity index (χ2n) is 7.54. The summed E-state index contributed by atoms with van der Waals surface area (Å²) in [6.07, 6.45) is 3.75. The Labute approximate surface area is 129 Å². The number of halogens is 1. The second-order valence-corrected chi connectivity index (χ2v) is 8.10. The molecule has 1 fully saturated rings. The van der Waals surface area contributed by atoms with Crippen LogP contribution >= 0.6 is 11.6 Å². The fourth-order valence-corrected chi connectivity index (χ4v) is 4.38. The van der Waals surface area contributed by atoms with Gasteiger partial charge < -0.3 is 0 Å². The van der Waals surface area contributed by atoms with E-state index in [4.69, 9.17) is 11.6 Å². The van der Waals surface area contributed by atoms with E-state index >= 15 is 0 Å². The average molecular weight is 293 g/mol. The highest BCUT2D eigenvalue weighted by Crippen LogP contribution is 2.44. The van der Waals surface area contributed by atoms with Gasteiger partial charge >= 0.3 is 0 Å². The lowest BCUT2D eigenvalue weighted by Crippen LogP contribution is -2.38. The van der Waals surface area contributed by atoms with E-state index in [1.54, 1.807) is 0 Å². The van der Waals surface area contributed by atoms with Gasteiger partial charge in [-0.2, -0.15) is 0 Å². The maximum Gasteiger partial charge on any atom is 0.0375 e. The van der Waals surface area contributed by atoms with Crippen LogP contribution in [0.3, 0.4) is 0 Å². The van der Waals surface area contributed by atoms with Gasteiger partial charge in [-0.1, -0.05) is 65.3 Å². The zero-order valence-electron chi connectivity index (χ0n) is 13.6. The fraction of sp³-hybridized carbons (Fsp3) is 0.684. The fourth-order valence-electron chi connectivity index (χ4n) is 3.64. The molecule has 0 bridgehead atoms. The van der Waals surface area contributed by atoms with E-state index in [9.17, 15) is 0 Å². The van der Waals surface area contributed by atoms with Gasteiger partial charge in [-0.05, 0) is 47.1 Å². The molecule has 0 saturated heterocycles. The van der Waals surface area contributed by atoms with Crippen LogP contribution in [0.2, 0.25) is 0 Å². The van der Waals surface area contributed by atoms with Gasteiger partial charge in [0, 0.05) is 5.38 Å². The molecule has 0 radical (unpaired) electrons. The van der Waals surface area contributed by atoms with E-state index in [0.29, 0.717) is 17.2 Å².